The lowest BCUT2D eigenvalue weighted by Gasteiger charge is -2.26. The second-order valence-corrected chi connectivity index (χ2v) is 5.72. The molecule has 2 amide bonds. The summed E-state index contributed by atoms with van der Waals surface area (Å²) in [4.78, 5) is 12.3. The Kier molecular flexibility index (Phi) is 4.04. The van der Waals surface area contributed by atoms with E-state index in [1.54, 1.807) is 17.1 Å². The highest BCUT2D eigenvalue weighted by atomic mass is 16.5. The van der Waals surface area contributed by atoms with Gasteiger partial charge in [-0.05, 0) is 30.3 Å². The molecule has 0 bridgehead atoms. The van der Waals surface area contributed by atoms with Crippen molar-refractivity contribution < 1.29 is 9.53 Å². The minimum Gasteiger partial charge on any atom is -0.493 e. The van der Waals surface area contributed by atoms with Crippen molar-refractivity contribution in [3.8, 4) is 11.4 Å². The molecule has 0 saturated carbocycles. The van der Waals surface area contributed by atoms with Gasteiger partial charge in [0.2, 0.25) is 0 Å². The number of hydrogen-bond acceptors (Lipinski definition) is 4. The van der Waals surface area contributed by atoms with Crippen LogP contribution in [0.1, 0.15) is 18.0 Å². The van der Waals surface area contributed by atoms with E-state index in [-0.39, 0.29) is 12.1 Å². The monoisotopic (exact) mass is 335 g/mol. The number of ether oxygens (including phenoxy) is 1. The van der Waals surface area contributed by atoms with Gasteiger partial charge < -0.3 is 15.4 Å². The molecule has 1 aliphatic rings. The smallest absolute Gasteiger partial charge is 0.319 e. The summed E-state index contributed by atoms with van der Waals surface area (Å²) in [5, 5.41) is 13.6. The van der Waals surface area contributed by atoms with Gasteiger partial charge in [-0.2, -0.15) is 0 Å². The van der Waals surface area contributed by atoms with Crippen molar-refractivity contribution in [2.24, 2.45) is 0 Å². The normalized spacial score (nSPS) is 15.8. The first-order valence-corrected chi connectivity index (χ1v) is 8.05. The average molecular weight is 335 g/mol. The van der Waals surface area contributed by atoms with Crippen molar-refractivity contribution in [1.29, 1.82) is 0 Å². The van der Waals surface area contributed by atoms with Crippen LogP contribution in [0.2, 0.25) is 0 Å². The lowest BCUT2D eigenvalue weighted by Crippen LogP contribution is -2.35. The van der Waals surface area contributed by atoms with Crippen LogP contribution in [0.25, 0.3) is 5.69 Å². The number of urea groups is 1. The van der Waals surface area contributed by atoms with Gasteiger partial charge in [-0.25, -0.2) is 9.48 Å². The Bertz CT molecular complexity index is 861. The summed E-state index contributed by atoms with van der Waals surface area (Å²) in [6.07, 6.45) is 4.12. The minimum atomic E-state index is -0.241. The number of benzene rings is 2. The number of nitrogens with one attached hydrogen (secondary N) is 2. The molecule has 2 heterocycles. The minimum absolute atomic E-state index is 0.0561. The molecule has 3 aromatic rings. The maximum atomic E-state index is 12.3. The molecule has 0 unspecified atom stereocenters. The largest absolute Gasteiger partial charge is 0.493 e. The summed E-state index contributed by atoms with van der Waals surface area (Å²) < 4.78 is 7.27. The maximum absolute atomic E-state index is 12.3. The van der Waals surface area contributed by atoms with Crippen molar-refractivity contribution in [2.75, 3.05) is 11.9 Å². The zero-order valence-electron chi connectivity index (χ0n) is 13.4. The summed E-state index contributed by atoms with van der Waals surface area (Å²) >= 11 is 0. The van der Waals surface area contributed by atoms with Gasteiger partial charge in [-0.1, -0.05) is 23.4 Å². The highest BCUT2D eigenvalue weighted by molar-refractivity contribution is 5.89. The van der Waals surface area contributed by atoms with E-state index in [1.165, 1.54) is 0 Å². The molecule has 7 heteroatoms. The average Bonchev–Trinajstić information content (AvgIpc) is 3.17. The van der Waals surface area contributed by atoms with Gasteiger partial charge in [-0.3, -0.25) is 0 Å². The number of rotatable bonds is 3. The van der Waals surface area contributed by atoms with Crippen LogP contribution in [0.3, 0.4) is 0 Å². The first-order valence-electron chi connectivity index (χ1n) is 8.05. The Morgan fingerprint density at radius 3 is 2.80 bits per heavy atom. The van der Waals surface area contributed by atoms with Gasteiger partial charge in [0.15, 0.2) is 0 Å². The molecule has 1 atom stereocenters. The highest BCUT2D eigenvalue weighted by Crippen LogP contribution is 2.31. The molecule has 7 nitrogen and oxygen atoms in total. The van der Waals surface area contributed by atoms with Crippen molar-refractivity contribution in [3.63, 3.8) is 0 Å². The Balaban J connectivity index is 1.41. The van der Waals surface area contributed by atoms with Gasteiger partial charge in [-0.15, -0.1) is 5.10 Å². The van der Waals surface area contributed by atoms with E-state index >= 15 is 0 Å². The fraction of sp³-hybridized carbons (Fsp3) is 0.167. The van der Waals surface area contributed by atoms with Crippen LogP contribution in [0.15, 0.2) is 60.9 Å². The number of carbonyl (C=O) groups is 1. The van der Waals surface area contributed by atoms with Crippen molar-refractivity contribution in [1.82, 2.24) is 20.3 Å². The molecule has 0 fully saturated rings. The van der Waals surface area contributed by atoms with Crippen molar-refractivity contribution in [3.05, 3.63) is 66.5 Å². The molecular formula is C18H17N5O2. The van der Waals surface area contributed by atoms with E-state index in [0.717, 1.165) is 23.4 Å². The van der Waals surface area contributed by atoms with Gasteiger partial charge in [0.1, 0.15) is 5.75 Å². The van der Waals surface area contributed by atoms with E-state index in [9.17, 15) is 4.79 Å². The van der Waals surface area contributed by atoms with Crippen molar-refractivity contribution >= 4 is 11.7 Å². The standard InChI is InChI=1S/C18H17N5O2/c24-18(21-16-9-12-25-17-4-2-1-3-15(16)17)20-13-5-7-14(8-6-13)23-11-10-19-22-23/h1-8,10-11,16H,9,12H2,(H2,20,21,24)/t16-/m0/s1. The molecular weight excluding hydrogens is 318 g/mol. The Hall–Kier alpha value is -3.35. The number of hydrogen-bond donors (Lipinski definition) is 2. The number of anilines is 1. The van der Waals surface area contributed by atoms with Crippen LogP contribution >= 0.6 is 0 Å². The maximum Gasteiger partial charge on any atom is 0.319 e. The molecule has 126 valence electrons. The summed E-state index contributed by atoms with van der Waals surface area (Å²) in [6.45, 7) is 0.592. The molecule has 1 aliphatic heterocycles. The Morgan fingerprint density at radius 2 is 2.00 bits per heavy atom. The predicted molar refractivity (Wildman–Crippen MR) is 92.8 cm³/mol. The van der Waals surface area contributed by atoms with Gasteiger partial charge in [0.05, 0.1) is 30.7 Å². The van der Waals surface area contributed by atoms with Crippen LogP contribution in [0.5, 0.6) is 5.75 Å². The fourth-order valence-corrected chi connectivity index (χ4v) is 2.86. The van der Waals surface area contributed by atoms with Gasteiger partial charge in [0.25, 0.3) is 0 Å². The fourth-order valence-electron chi connectivity index (χ4n) is 2.86. The molecule has 25 heavy (non-hydrogen) atoms. The quantitative estimate of drug-likeness (QED) is 0.771. The number of carbonyl (C=O) groups excluding carboxylic acids is 1. The van der Waals surface area contributed by atoms with E-state index in [1.807, 2.05) is 48.5 Å². The molecule has 0 radical (unpaired) electrons. The zero-order valence-corrected chi connectivity index (χ0v) is 13.4. The first kappa shape index (κ1) is 15.2. The van der Waals surface area contributed by atoms with E-state index in [0.29, 0.717) is 12.3 Å². The molecule has 0 aliphatic carbocycles. The van der Waals surface area contributed by atoms with Crippen LogP contribution in [-0.2, 0) is 0 Å². The molecule has 0 spiro atoms. The molecule has 0 saturated heterocycles. The number of para-hydroxylation sites is 1. The van der Waals surface area contributed by atoms with E-state index < -0.39 is 0 Å². The lowest BCUT2D eigenvalue weighted by molar-refractivity contribution is 0.232. The summed E-state index contributed by atoms with van der Waals surface area (Å²) in [7, 11) is 0. The molecule has 2 N–H and O–H groups in total. The number of aromatic nitrogens is 3. The summed E-state index contributed by atoms with van der Waals surface area (Å²) in [5.74, 6) is 0.830. The van der Waals surface area contributed by atoms with E-state index in [2.05, 4.69) is 20.9 Å². The van der Waals surface area contributed by atoms with Crippen LogP contribution in [-0.4, -0.2) is 27.6 Å². The predicted octanol–water partition coefficient (Wildman–Crippen LogP) is 2.91. The SMILES string of the molecule is O=C(Nc1ccc(-n2ccnn2)cc1)N[C@H]1CCOc2ccccc21. The third-order valence-electron chi connectivity index (χ3n) is 4.08. The number of fused-ring (bicyclic) bond motifs is 1. The Morgan fingerprint density at radius 1 is 1.16 bits per heavy atom. The number of nitrogens with zero attached hydrogens (tertiary/aromatic N) is 3. The van der Waals surface area contributed by atoms with Gasteiger partial charge >= 0.3 is 6.03 Å². The third kappa shape index (κ3) is 3.30. The topological polar surface area (TPSA) is 81.1 Å². The second-order valence-electron chi connectivity index (χ2n) is 5.72. The molecule has 1 aromatic heterocycles. The third-order valence-corrected chi connectivity index (χ3v) is 4.08. The zero-order chi connectivity index (χ0) is 17.1. The van der Waals surface area contributed by atoms with Crippen LogP contribution in [0.4, 0.5) is 10.5 Å². The summed E-state index contributed by atoms with van der Waals surface area (Å²) in [5.41, 5.74) is 2.59. The van der Waals surface area contributed by atoms with Gasteiger partial charge in [0, 0.05) is 17.7 Å². The molecule has 2 aromatic carbocycles. The van der Waals surface area contributed by atoms with Crippen LogP contribution in [0, 0.1) is 0 Å². The first-order chi connectivity index (χ1) is 12.3. The number of amides is 2. The summed E-state index contributed by atoms with van der Waals surface area (Å²) in [6, 6.07) is 14.9. The van der Waals surface area contributed by atoms with Crippen LogP contribution < -0.4 is 15.4 Å². The van der Waals surface area contributed by atoms with E-state index in [4.69, 9.17) is 4.74 Å². The lowest BCUT2D eigenvalue weighted by atomic mass is 10.0. The Labute approximate surface area is 144 Å². The van der Waals surface area contributed by atoms with Crippen molar-refractivity contribution in [2.45, 2.75) is 12.5 Å². The molecule has 4 rings (SSSR count). The highest BCUT2D eigenvalue weighted by Gasteiger charge is 2.22. The second kappa shape index (κ2) is 6.64.